The summed E-state index contributed by atoms with van der Waals surface area (Å²) in [6.07, 6.45) is 2.43. The molecule has 0 radical (unpaired) electrons. The Morgan fingerprint density at radius 3 is 2.83 bits per heavy atom. The van der Waals surface area contributed by atoms with Crippen LogP contribution in [0.3, 0.4) is 0 Å². The van der Waals surface area contributed by atoms with E-state index in [4.69, 9.17) is 21.1 Å². The Labute approximate surface area is 153 Å². The molecule has 2 heterocycles. The van der Waals surface area contributed by atoms with E-state index in [0.29, 0.717) is 47.7 Å². The summed E-state index contributed by atoms with van der Waals surface area (Å²) >= 11 is 9.62. The maximum absolute atomic E-state index is 12.9. The highest BCUT2D eigenvalue weighted by Crippen LogP contribution is 2.38. The van der Waals surface area contributed by atoms with Gasteiger partial charge in [0.25, 0.3) is 5.91 Å². The quantitative estimate of drug-likeness (QED) is 0.754. The molecule has 126 valence electrons. The van der Waals surface area contributed by atoms with E-state index < -0.39 is 0 Å². The Balaban J connectivity index is 1.95. The van der Waals surface area contributed by atoms with Crippen molar-refractivity contribution in [3.05, 3.63) is 45.5 Å². The molecule has 0 unspecified atom stereocenters. The van der Waals surface area contributed by atoms with Gasteiger partial charge in [0, 0.05) is 29.2 Å². The highest BCUT2D eigenvalue weighted by Gasteiger charge is 2.22. The van der Waals surface area contributed by atoms with Crippen molar-refractivity contribution in [3.8, 4) is 11.5 Å². The van der Waals surface area contributed by atoms with Crippen LogP contribution in [0.4, 0.5) is 5.82 Å². The topological polar surface area (TPSA) is 51.7 Å². The smallest absolute Gasteiger partial charge is 0.259 e. The summed E-state index contributed by atoms with van der Waals surface area (Å²) < 4.78 is 12.1. The highest BCUT2D eigenvalue weighted by atomic mass is 79.9. The summed E-state index contributed by atoms with van der Waals surface area (Å²) in [5, 5.41) is 0.373. The predicted octanol–water partition coefficient (Wildman–Crippen LogP) is 4.33. The number of benzene rings is 1. The largest absolute Gasteiger partial charge is 0.489 e. The van der Waals surface area contributed by atoms with E-state index in [1.165, 1.54) is 0 Å². The Morgan fingerprint density at radius 1 is 1.33 bits per heavy atom. The van der Waals surface area contributed by atoms with Gasteiger partial charge in [-0.25, -0.2) is 4.98 Å². The molecule has 1 amide bonds. The first-order valence-electron chi connectivity index (χ1n) is 7.62. The Bertz CT molecular complexity index is 752. The summed E-state index contributed by atoms with van der Waals surface area (Å²) in [7, 11) is 0. The number of halogens is 2. The molecule has 1 aromatic carbocycles. The first kappa shape index (κ1) is 17.0. The number of aromatic nitrogens is 1. The van der Waals surface area contributed by atoms with Gasteiger partial charge in [0.2, 0.25) is 0 Å². The minimum Gasteiger partial charge on any atom is -0.489 e. The molecular formula is C17H16BrClN2O3. The number of rotatable bonds is 3. The molecule has 0 bridgehead atoms. The molecule has 1 aromatic heterocycles. The van der Waals surface area contributed by atoms with Crippen molar-refractivity contribution in [1.82, 2.24) is 4.98 Å². The second-order valence-electron chi connectivity index (χ2n) is 5.22. The minimum atomic E-state index is -0.190. The van der Waals surface area contributed by atoms with E-state index in [1.807, 2.05) is 13.0 Å². The lowest BCUT2D eigenvalue weighted by molar-refractivity contribution is 0.0987. The summed E-state index contributed by atoms with van der Waals surface area (Å²) in [6, 6.07) is 6.92. The number of carbonyl (C=O) groups excluding carboxylic acids is 1. The average molecular weight is 412 g/mol. The standard InChI is InChI=1S/C17H16BrClN2O3/c1-2-21(15-5-4-12(18)10-20-15)17(22)11-8-13(19)16-14(9-11)23-6-3-7-24-16/h4-5,8-10H,2-3,6-7H2,1H3. The molecule has 3 rings (SSSR count). The molecule has 0 fully saturated rings. The maximum Gasteiger partial charge on any atom is 0.259 e. The first-order valence-corrected chi connectivity index (χ1v) is 8.80. The third kappa shape index (κ3) is 3.49. The fourth-order valence-corrected chi connectivity index (χ4v) is 2.95. The van der Waals surface area contributed by atoms with Crippen LogP contribution in [0.15, 0.2) is 34.9 Å². The fourth-order valence-electron chi connectivity index (χ4n) is 2.45. The molecule has 0 saturated heterocycles. The average Bonchev–Trinajstić information content (AvgIpc) is 2.83. The lowest BCUT2D eigenvalue weighted by Gasteiger charge is -2.21. The molecule has 0 N–H and O–H groups in total. The van der Waals surface area contributed by atoms with E-state index in [-0.39, 0.29) is 5.91 Å². The van der Waals surface area contributed by atoms with Crippen LogP contribution in [-0.2, 0) is 0 Å². The molecule has 0 atom stereocenters. The summed E-state index contributed by atoms with van der Waals surface area (Å²) in [4.78, 5) is 18.8. The van der Waals surface area contributed by atoms with Crippen LogP contribution in [0.5, 0.6) is 11.5 Å². The van der Waals surface area contributed by atoms with Gasteiger partial charge in [-0.15, -0.1) is 0 Å². The number of amides is 1. The van der Waals surface area contributed by atoms with Crippen molar-refractivity contribution >= 4 is 39.3 Å². The number of anilines is 1. The lowest BCUT2D eigenvalue weighted by atomic mass is 10.1. The number of nitrogens with zero attached hydrogens (tertiary/aromatic N) is 2. The van der Waals surface area contributed by atoms with Crippen molar-refractivity contribution < 1.29 is 14.3 Å². The van der Waals surface area contributed by atoms with Gasteiger partial charge in [0.1, 0.15) is 5.82 Å². The number of pyridine rings is 1. The second-order valence-corrected chi connectivity index (χ2v) is 6.54. The van der Waals surface area contributed by atoms with Gasteiger partial charge in [0.15, 0.2) is 11.5 Å². The molecule has 0 aliphatic carbocycles. The number of hydrogen-bond acceptors (Lipinski definition) is 4. The molecule has 5 nitrogen and oxygen atoms in total. The van der Waals surface area contributed by atoms with Crippen molar-refractivity contribution in [2.75, 3.05) is 24.7 Å². The van der Waals surface area contributed by atoms with Gasteiger partial charge in [-0.3, -0.25) is 9.69 Å². The third-order valence-electron chi connectivity index (χ3n) is 3.60. The molecule has 0 saturated carbocycles. The summed E-state index contributed by atoms with van der Waals surface area (Å²) in [5.41, 5.74) is 0.441. The maximum atomic E-state index is 12.9. The van der Waals surface area contributed by atoms with E-state index in [2.05, 4.69) is 20.9 Å². The second kappa shape index (κ2) is 7.40. The van der Waals surface area contributed by atoms with Gasteiger partial charge in [-0.2, -0.15) is 0 Å². The predicted molar refractivity (Wildman–Crippen MR) is 96.3 cm³/mol. The number of hydrogen-bond donors (Lipinski definition) is 0. The molecular weight excluding hydrogens is 396 g/mol. The zero-order chi connectivity index (χ0) is 17.1. The van der Waals surface area contributed by atoms with Crippen LogP contribution in [0, 0.1) is 0 Å². The number of carbonyl (C=O) groups is 1. The Morgan fingerprint density at radius 2 is 2.12 bits per heavy atom. The van der Waals surface area contributed by atoms with Crippen molar-refractivity contribution in [2.45, 2.75) is 13.3 Å². The number of ether oxygens (including phenoxy) is 2. The van der Waals surface area contributed by atoms with Crippen LogP contribution in [0.25, 0.3) is 0 Å². The first-order chi connectivity index (χ1) is 11.6. The van der Waals surface area contributed by atoms with Crippen LogP contribution >= 0.6 is 27.5 Å². The molecule has 1 aliphatic heterocycles. The van der Waals surface area contributed by atoms with Gasteiger partial charge in [-0.05, 0) is 47.1 Å². The van der Waals surface area contributed by atoms with Crippen molar-refractivity contribution in [3.63, 3.8) is 0 Å². The van der Waals surface area contributed by atoms with Crippen molar-refractivity contribution in [1.29, 1.82) is 0 Å². The molecule has 2 aromatic rings. The summed E-state index contributed by atoms with van der Waals surface area (Å²) in [6.45, 7) is 3.46. The van der Waals surface area contributed by atoms with Gasteiger partial charge in [0.05, 0.1) is 18.2 Å². The zero-order valence-electron chi connectivity index (χ0n) is 13.1. The van der Waals surface area contributed by atoms with Gasteiger partial charge < -0.3 is 9.47 Å². The summed E-state index contributed by atoms with van der Waals surface area (Å²) in [5.74, 6) is 1.39. The monoisotopic (exact) mass is 410 g/mol. The number of fused-ring (bicyclic) bond motifs is 1. The van der Waals surface area contributed by atoms with E-state index >= 15 is 0 Å². The van der Waals surface area contributed by atoms with Crippen LogP contribution in [-0.4, -0.2) is 30.6 Å². The Hall–Kier alpha value is -1.79. The SMILES string of the molecule is CCN(C(=O)c1cc(Cl)c2c(c1)OCCCO2)c1ccc(Br)cn1. The van der Waals surface area contributed by atoms with Crippen molar-refractivity contribution in [2.24, 2.45) is 0 Å². The lowest BCUT2D eigenvalue weighted by Crippen LogP contribution is -2.31. The minimum absolute atomic E-state index is 0.190. The van der Waals surface area contributed by atoms with Crippen LogP contribution < -0.4 is 14.4 Å². The molecule has 7 heteroatoms. The molecule has 24 heavy (non-hydrogen) atoms. The van der Waals surface area contributed by atoms with Gasteiger partial charge >= 0.3 is 0 Å². The van der Waals surface area contributed by atoms with E-state index in [9.17, 15) is 4.79 Å². The Kier molecular flexibility index (Phi) is 5.26. The van der Waals surface area contributed by atoms with Gasteiger partial charge in [-0.1, -0.05) is 11.6 Å². The van der Waals surface area contributed by atoms with E-state index in [1.54, 1.807) is 29.3 Å². The van der Waals surface area contributed by atoms with E-state index in [0.717, 1.165) is 10.9 Å². The highest BCUT2D eigenvalue weighted by molar-refractivity contribution is 9.10. The fraction of sp³-hybridized carbons (Fsp3) is 0.294. The van der Waals surface area contributed by atoms with Crippen LogP contribution in [0.1, 0.15) is 23.7 Å². The third-order valence-corrected chi connectivity index (χ3v) is 4.35. The molecule has 0 spiro atoms. The normalized spacial score (nSPS) is 13.3. The molecule has 1 aliphatic rings. The zero-order valence-corrected chi connectivity index (χ0v) is 15.4. The van der Waals surface area contributed by atoms with Crippen LogP contribution in [0.2, 0.25) is 5.02 Å².